The molecule has 0 N–H and O–H groups in total. The van der Waals surface area contributed by atoms with E-state index < -0.39 is 6.10 Å². The first-order valence-electron chi connectivity index (χ1n) is 11.7. The van der Waals surface area contributed by atoms with Crippen molar-refractivity contribution in [2.75, 3.05) is 46.6 Å². The minimum atomic E-state index is -0.573. The number of methoxy groups -OCH3 is 1. The lowest BCUT2D eigenvalue weighted by atomic mass is 9.99. The summed E-state index contributed by atoms with van der Waals surface area (Å²) < 4.78 is 21.9. The van der Waals surface area contributed by atoms with Gasteiger partial charge in [-0.1, -0.05) is 30.3 Å². The van der Waals surface area contributed by atoms with Crippen LogP contribution in [0.1, 0.15) is 31.4 Å². The van der Waals surface area contributed by atoms with Gasteiger partial charge in [0.05, 0.1) is 13.7 Å². The molecule has 1 unspecified atom stereocenters. The minimum Gasteiger partial charge on any atom is -0.497 e. The van der Waals surface area contributed by atoms with Gasteiger partial charge in [0.2, 0.25) is 0 Å². The maximum atomic E-state index is 12.0. The Kier molecular flexibility index (Phi) is 9.78. The summed E-state index contributed by atoms with van der Waals surface area (Å²) in [5, 5.41) is 0. The number of benzene rings is 2. The number of ether oxygens (including phenoxy) is 4. The van der Waals surface area contributed by atoms with Crippen LogP contribution in [0.4, 0.5) is 0 Å². The van der Waals surface area contributed by atoms with Gasteiger partial charge in [0.25, 0.3) is 0 Å². The Balaban J connectivity index is 1.43. The Morgan fingerprint density at radius 3 is 2.55 bits per heavy atom. The van der Waals surface area contributed by atoms with Gasteiger partial charge in [0, 0.05) is 32.7 Å². The summed E-state index contributed by atoms with van der Waals surface area (Å²) in [5.41, 5.74) is 3.62. The molecule has 178 valence electrons. The highest BCUT2D eigenvalue weighted by Crippen LogP contribution is 2.25. The maximum absolute atomic E-state index is 12.0. The van der Waals surface area contributed by atoms with Crippen molar-refractivity contribution in [3.63, 3.8) is 0 Å². The molecule has 0 bridgehead atoms. The molecule has 0 aliphatic carbocycles. The van der Waals surface area contributed by atoms with Crippen LogP contribution in [0.5, 0.6) is 11.5 Å². The third-order valence-electron chi connectivity index (χ3n) is 5.67. The zero-order chi connectivity index (χ0) is 23.5. The highest BCUT2D eigenvalue weighted by molar-refractivity contribution is 5.75. The lowest BCUT2D eigenvalue weighted by Crippen LogP contribution is -2.32. The van der Waals surface area contributed by atoms with Crippen molar-refractivity contribution in [1.29, 1.82) is 0 Å². The molecule has 0 aromatic heterocycles. The molecule has 3 rings (SSSR count). The molecular formula is C27H35NO5. The smallest absolute Gasteiger partial charge is 0.335 e. The zero-order valence-corrected chi connectivity index (χ0v) is 19.9. The van der Waals surface area contributed by atoms with Gasteiger partial charge in [-0.2, -0.15) is 0 Å². The van der Waals surface area contributed by atoms with Crippen LogP contribution >= 0.6 is 0 Å². The second kappa shape index (κ2) is 13.0. The van der Waals surface area contributed by atoms with Gasteiger partial charge in [-0.05, 0) is 61.2 Å². The van der Waals surface area contributed by atoms with Gasteiger partial charge in [0.15, 0.2) is 6.10 Å². The topological polar surface area (TPSA) is 57.2 Å². The molecule has 0 radical (unpaired) electrons. The molecule has 1 heterocycles. The summed E-state index contributed by atoms with van der Waals surface area (Å²) >= 11 is 0. The Morgan fingerprint density at radius 1 is 1.06 bits per heavy atom. The molecule has 0 amide bonds. The number of nitrogens with zero attached hydrogens (tertiary/aromatic N) is 1. The predicted octanol–water partition coefficient (Wildman–Crippen LogP) is 4.37. The van der Waals surface area contributed by atoms with E-state index in [2.05, 4.69) is 23.1 Å². The molecule has 0 spiro atoms. The first kappa shape index (κ1) is 24.8. The first-order valence-corrected chi connectivity index (χ1v) is 11.7. The molecule has 6 heteroatoms. The molecule has 33 heavy (non-hydrogen) atoms. The fraction of sp³-hybridized carbons (Fsp3) is 0.444. The SMILES string of the molecule is CCOC(=O)C(Cc1ccc(OCCN2CC=C(c3cccc(OC)c3)CC2)cc1)OCC. The Morgan fingerprint density at radius 2 is 1.88 bits per heavy atom. The van der Waals surface area contributed by atoms with Gasteiger partial charge in [-0.3, -0.25) is 4.90 Å². The summed E-state index contributed by atoms with van der Waals surface area (Å²) in [6.45, 7) is 7.93. The largest absolute Gasteiger partial charge is 0.497 e. The van der Waals surface area contributed by atoms with Crippen LogP contribution in [0, 0.1) is 0 Å². The summed E-state index contributed by atoms with van der Waals surface area (Å²) in [7, 11) is 1.70. The normalized spacial score (nSPS) is 14.9. The number of carbonyl (C=O) groups excluding carboxylic acids is 1. The molecule has 1 atom stereocenters. The molecule has 0 saturated carbocycles. The second-order valence-electron chi connectivity index (χ2n) is 7.90. The lowest BCUT2D eigenvalue weighted by molar-refractivity contribution is -0.156. The molecule has 0 fully saturated rings. The van der Waals surface area contributed by atoms with Crippen LogP contribution < -0.4 is 9.47 Å². The lowest BCUT2D eigenvalue weighted by Gasteiger charge is -2.26. The van der Waals surface area contributed by atoms with Crippen LogP contribution in [0.3, 0.4) is 0 Å². The Bertz CT molecular complexity index is 909. The van der Waals surface area contributed by atoms with Crippen molar-refractivity contribution in [2.45, 2.75) is 32.8 Å². The van der Waals surface area contributed by atoms with Gasteiger partial charge in [-0.15, -0.1) is 0 Å². The number of esters is 1. The molecule has 2 aromatic carbocycles. The van der Waals surface area contributed by atoms with E-state index >= 15 is 0 Å². The Hall–Kier alpha value is -2.83. The maximum Gasteiger partial charge on any atom is 0.335 e. The Labute approximate surface area is 197 Å². The highest BCUT2D eigenvalue weighted by atomic mass is 16.6. The molecule has 2 aromatic rings. The van der Waals surface area contributed by atoms with Crippen molar-refractivity contribution in [3.8, 4) is 11.5 Å². The highest BCUT2D eigenvalue weighted by Gasteiger charge is 2.20. The van der Waals surface area contributed by atoms with E-state index in [9.17, 15) is 4.79 Å². The number of hydrogen-bond acceptors (Lipinski definition) is 6. The van der Waals surface area contributed by atoms with Crippen molar-refractivity contribution in [2.24, 2.45) is 0 Å². The summed E-state index contributed by atoms with van der Waals surface area (Å²) in [6, 6.07) is 16.1. The quantitative estimate of drug-likeness (QED) is 0.445. The van der Waals surface area contributed by atoms with Crippen LogP contribution in [-0.4, -0.2) is 63.5 Å². The standard InChI is InChI=1S/C27H35NO5/c1-4-31-26(27(29)32-5-2)19-21-9-11-24(12-10-21)33-18-17-28-15-13-22(14-16-28)23-7-6-8-25(20-23)30-3/h6-13,20,26H,4-5,14-19H2,1-3H3. The minimum absolute atomic E-state index is 0.315. The number of carbonyl (C=O) groups is 1. The van der Waals surface area contributed by atoms with Crippen LogP contribution in [0.2, 0.25) is 0 Å². The molecule has 0 saturated heterocycles. The van der Waals surface area contributed by atoms with Gasteiger partial charge in [-0.25, -0.2) is 4.79 Å². The monoisotopic (exact) mass is 453 g/mol. The molecule has 6 nitrogen and oxygen atoms in total. The van der Waals surface area contributed by atoms with E-state index in [-0.39, 0.29) is 5.97 Å². The third-order valence-corrected chi connectivity index (χ3v) is 5.67. The first-order chi connectivity index (χ1) is 16.1. The van der Waals surface area contributed by atoms with Crippen molar-refractivity contribution < 1.29 is 23.7 Å². The second-order valence-corrected chi connectivity index (χ2v) is 7.90. The molecular weight excluding hydrogens is 418 g/mol. The predicted molar refractivity (Wildman–Crippen MR) is 130 cm³/mol. The average Bonchev–Trinajstić information content (AvgIpc) is 2.85. The van der Waals surface area contributed by atoms with Crippen molar-refractivity contribution in [3.05, 3.63) is 65.7 Å². The average molecular weight is 454 g/mol. The zero-order valence-electron chi connectivity index (χ0n) is 19.9. The number of rotatable bonds is 12. The van der Waals surface area contributed by atoms with E-state index in [0.717, 1.165) is 43.1 Å². The fourth-order valence-corrected chi connectivity index (χ4v) is 3.87. The van der Waals surface area contributed by atoms with Crippen molar-refractivity contribution >= 4 is 11.5 Å². The third kappa shape index (κ3) is 7.62. The van der Waals surface area contributed by atoms with E-state index in [0.29, 0.717) is 26.2 Å². The van der Waals surface area contributed by atoms with E-state index in [1.165, 1.54) is 11.1 Å². The van der Waals surface area contributed by atoms with Gasteiger partial charge >= 0.3 is 5.97 Å². The van der Waals surface area contributed by atoms with Crippen LogP contribution in [0.25, 0.3) is 5.57 Å². The molecule has 1 aliphatic rings. The summed E-state index contributed by atoms with van der Waals surface area (Å²) in [6.07, 6.45) is 3.23. The van der Waals surface area contributed by atoms with Crippen LogP contribution in [-0.2, 0) is 20.7 Å². The fourth-order valence-electron chi connectivity index (χ4n) is 3.87. The van der Waals surface area contributed by atoms with E-state index in [1.54, 1.807) is 14.0 Å². The number of hydrogen-bond donors (Lipinski definition) is 0. The van der Waals surface area contributed by atoms with E-state index in [1.807, 2.05) is 43.3 Å². The van der Waals surface area contributed by atoms with Crippen molar-refractivity contribution in [1.82, 2.24) is 4.90 Å². The van der Waals surface area contributed by atoms with Gasteiger partial charge < -0.3 is 18.9 Å². The van der Waals surface area contributed by atoms with E-state index in [4.69, 9.17) is 18.9 Å². The van der Waals surface area contributed by atoms with Crippen LogP contribution in [0.15, 0.2) is 54.6 Å². The summed E-state index contributed by atoms with van der Waals surface area (Å²) in [5.74, 6) is 1.40. The molecule has 1 aliphatic heterocycles. The summed E-state index contributed by atoms with van der Waals surface area (Å²) in [4.78, 5) is 14.4. The van der Waals surface area contributed by atoms with Gasteiger partial charge in [0.1, 0.15) is 18.1 Å².